The van der Waals surface area contributed by atoms with Crippen LogP contribution in [0, 0.1) is 12.7 Å². The minimum Gasteiger partial charge on any atom is -0.494 e. The Bertz CT molecular complexity index is 1380. The molecule has 8 nitrogen and oxygen atoms in total. The number of halogens is 1. The number of carbonyl (C=O) groups excluding carboxylic acids is 1. The summed E-state index contributed by atoms with van der Waals surface area (Å²) < 4.78 is 26.9. The molecule has 4 rings (SSSR count). The first kappa shape index (κ1) is 21.6. The van der Waals surface area contributed by atoms with Crippen molar-refractivity contribution in [2.75, 3.05) is 20.3 Å². The molecule has 0 bridgehead atoms. The molecule has 32 heavy (non-hydrogen) atoms. The number of nitrogens with zero attached hydrogens (tertiary/aromatic N) is 3. The van der Waals surface area contributed by atoms with Crippen LogP contribution >= 0.6 is 0 Å². The molecule has 3 aromatic heterocycles. The molecule has 9 heteroatoms. The zero-order valence-corrected chi connectivity index (χ0v) is 18.1. The van der Waals surface area contributed by atoms with Crippen molar-refractivity contribution in [2.24, 2.45) is 0 Å². The number of aromatic nitrogens is 4. The van der Waals surface area contributed by atoms with Crippen molar-refractivity contribution in [3.8, 4) is 11.4 Å². The summed E-state index contributed by atoms with van der Waals surface area (Å²) in [4.78, 5) is 32.3. The summed E-state index contributed by atoms with van der Waals surface area (Å²) in [7, 11) is 1.42. The van der Waals surface area contributed by atoms with Crippen LogP contribution in [-0.4, -0.2) is 45.9 Å². The van der Waals surface area contributed by atoms with Crippen molar-refractivity contribution in [1.82, 2.24) is 19.7 Å². The van der Waals surface area contributed by atoms with Crippen molar-refractivity contribution < 1.29 is 18.7 Å². The number of hydrogen-bond donors (Lipinski definition) is 1. The molecule has 166 valence electrons. The van der Waals surface area contributed by atoms with Crippen LogP contribution in [0.5, 0.6) is 5.75 Å². The maximum absolute atomic E-state index is 14.9. The second kappa shape index (κ2) is 8.88. The van der Waals surface area contributed by atoms with Crippen molar-refractivity contribution in [3.05, 3.63) is 57.9 Å². The van der Waals surface area contributed by atoms with Gasteiger partial charge in [-0.15, -0.1) is 0 Å². The monoisotopic (exact) mass is 438 g/mol. The fourth-order valence-corrected chi connectivity index (χ4v) is 3.56. The number of hydrogen-bond acceptors (Lipinski definition) is 6. The Morgan fingerprint density at radius 3 is 2.81 bits per heavy atom. The van der Waals surface area contributed by atoms with E-state index in [1.807, 2.05) is 0 Å². The van der Waals surface area contributed by atoms with E-state index >= 15 is 0 Å². The highest BCUT2D eigenvalue weighted by Crippen LogP contribution is 2.28. The molecule has 0 saturated carbocycles. The molecule has 0 aliphatic heterocycles. The van der Waals surface area contributed by atoms with Gasteiger partial charge >= 0.3 is 0 Å². The summed E-state index contributed by atoms with van der Waals surface area (Å²) >= 11 is 0. The highest BCUT2D eigenvalue weighted by Gasteiger charge is 2.21. The molecule has 0 fully saturated rings. The number of Topliss-reactive ketones (excluding diaryl/α,β-unsaturated/α-hetero) is 1. The Hall–Kier alpha value is -3.59. The largest absolute Gasteiger partial charge is 0.494 e. The van der Waals surface area contributed by atoms with Gasteiger partial charge < -0.3 is 14.5 Å². The summed E-state index contributed by atoms with van der Waals surface area (Å²) in [6.07, 6.45) is 1.85. The van der Waals surface area contributed by atoms with Gasteiger partial charge in [0.2, 0.25) is 5.78 Å². The lowest BCUT2D eigenvalue weighted by Gasteiger charge is -2.11. The lowest BCUT2D eigenvalue weighted by molar-refractivity contribution is 0.0843. The van der Waals surface area contributed by atoms with Gasteiger partial charge in [0.05, 0.1) is 23.2 Å². The molecule has 0 spiro atoms. The number of fused-ring (bicyclic) bond motifs is 3. The summed E-state index contributed by atoms with van der Waals surface area (Å²) in [5, 5.41) is 4.71. The van der Waals surface area contributed by atoms with Crippen LogP contribution in [0.25, 0.3) is 27.6 Å². The van der Waals surface area contributed by atoms with Gasteiger partial charge in [-0.3, -0.25) is 9.59 Å². The average molecular weight is 438 g/mol. The van der Waals surface area contributed by atoms with Crippen LogP contribution in [0.2, 0.25) is 0 Å². The Morgan fingerprint density at radius 1 is 1.25 bits per heavy atom. The third-order valence-corrected chi connectivity index (χ3v) is 5.13. The van der Waals surface area contributed by atoms with E-state index in [0.717, 1.165) is 12.8 Å². The number of nitrogens with one attached hydrogen (secondary N) is 1. The van der Waals surface area contributed by atoms with E-state index in [4.69, 9.17) is 9.47 Å². The predicted octanol–water partition coefficient (Wildman–Crippen LogP) is 3.72. The number of benzene rings is 1. The first-order valence-corrected chi connectivity index (χ1v) is 10.3. The van der Waals surface area contributed by atoms with Crippen LogP contribution < -0.4 is 10.3 Å². The number of carbonyl (C=O) groups is 1. The first-order valence-electron chi connectivity index (χ1n) is 10.3. The van der Waals surface area contributed by atoms with Crippen LogP contribution in [0.4, 0.5) is 4.39 Å². The highest BCUT2D eigenvalue weighted by atomic mass is 19.1. The van der Waals surface area contributed by atoms with Gasteiger partial charge in [0.15, 0.2) is 0 Å². The fraction of sp³-hybridized carbons (Fsp3) is 0.304. The number of aromatic amines is 1. The zero-order valence-electron chi connectivity index (χ0n) is 18.1. The molecule has 0 saturated heterocycles. The van der Waals surface area contributed by atoms with Crippen LogP contribution in [0.15, 0.2) is 35.1 Å². The molecule has 0 aliphatic carbocycles. The molecular weight excluding hydrogens is 415 g/mol. The predicted molar refractivity (Wildman–Crippen MR) is 118 cm³/mol. The van der Waals surface area contributed by atoms with Gasteiger partial charge in [-0.05, 0) is 37.6 Å². The van der Waals surface area contributed by atoms with Gasteiger partial charge in [0.25, 0.3) is 5.56 Å². The van der Waals surface area contributed by atoms with E-state index in [2.05, 4.69) is 22.0 Å². The second-order valence-corrected chi connectivity index (χ2v) is 7.44. The molecule has 0 unspecified atom stereocenters. The van der Waals surface area contributed by atoms with Crippen molar-refractivity contribution in [2.45, 2.75) is 26.7 Å². The van der Waals surface area contributed by atoms with E-state index in [-0.39, 0.29) is 34.7 Å². The lowest BCUT2D eigenvalue weighted by atomic mass is 10.2. The third kappa shape index (κ3) is 3.87. The zero-order chi connectivity index (χ0) is 22.8. The molecule has 0 aliphatic rings. The normalized spacial score (nSPS) is 11.4. The van der Waals surface area contributed by atoms with Gasteiger partial charge in [0, 0.05) is 13.2 Å². The Morgan fingerprint density at radius 2 is 2.06 bits per heavy atom. The number of rotatable bonds is 8. The van der Waals surface area contributed by atoms with E-state index in [0.29, 0.717) is 34.6 Å². The number of ether oxygens (including phenoxy) is 2. The van der Waals surface area contributed by atoms with E-state index in [1.54, 1.807) is 25.1 Å². The smallest absolute Gasteiger partial charge is 0.259 e. The molecule has 1 N–H and O–H groups in total. The van der Waals surface area contributed by atoms with Crippen molar-refractivity contribution >= 4 is 27.7 Å². The average Bonchev–Trinajstić information content (AvgIpc) is 3.13. The minimum absolute atomic E-state index is 0.124. The molecule has 0 radical (unpaired) electrons. The maximum Gasteiger partial charge on any atom is 0.259 e. The quantitative estimate of drug-likeness (QED) is 0.333. The number of aryl methyl sites for hydroxylation is 1. The minimum atomic E-state index is -0.530. The number of ketones is 1. The Labute approximate surface area is 183 Å². The molecule has 3 heterocycles. The summed E-state index contributed by atoms with van der Waals surface area (Å²) in [5.41, 5.74) is 1.40. The van der Waals surface area contributed by atoms with Crippen molar-refractivity contribution in [3.63, 3.8) is 0 Å². The molecule has 0 amide bonds. The number of methoxy groups -OCH3 is 1. The fourth-order valence-electron chi connectivity index (χ4n) is 3.56. The molecule has 4 aromatic rings. The van der Waals surface area contributed by atoms with Gasteiger partial charge in [-0.2, -0.15) is 5.10 Å². The van der Waals surface area contributed by atoms with Crippen LogP contribution in [0.3, 0.4) is 0 Å². The van der Waals surface area contributed by atoms with E-state index in [9.17, 15) is 14.0 Å². The number of H-pyrrole nitrogens is 1. The summed E-state index contributed by atoms with van der Waals surface area (Å²) in [5.74, 6) is -0.347. The second-order valence-electron chi connectivity index (χ2n) is 7.44. The molecular formula is C23H23FN4O4. The van der Waals surface area contributed by atoms with Crippen molar-refractivity contribution in [1.29, 1.82) is 0 Å². The topological polar surface area (TPSA) is 99.1 Å². The Balaban J connectivity index is 1.97. The van der Waals surface area contributed by atoms with E-state index in [1.165, 1.54) is 23.9 Å². The number of unbranched alkanes of at least 4 members (excludes halogenated alkanes) is 1. The van der Waals surface area contributed by atoms with Gasteiger partial charge in [-0.1, -0.05) is 13.3 Å². The Kier molecular flexibility index (Phi) is 6.00. The van der Waals surface area contributed by atoms with Gasteiger partial charge in [-0.25, -0.2) is 14.1 Å². The standard InChI is InChI=1S/C23H23FN4O4/c1-4-5-10-32-14-6-7-15(24)18(11-14)28-22-20(13(2)27-28)23(30)26-17-9-8-16(25-21(17)22)19(29)12-31-3/h6-9,11H,4-5,10,12H2,1-3H3,(H,26,30). The lowest BCUT2D eigenvalue weighted by Crippen LogP contribution is -2.12. The third-order valence-electron chi connectivity index (χ3n) is 5.13. The van der Waals surface area contributed by atoms with Crippen LogP contribution in [-0.2, 0) is 4.74 Å². The number of pyridine rings is 2. The summed E-state index contributed by atoms with van der Waals surface area (Å²) in [6, 6.07) is 7.51. The highest BCUT2D eigenvalue weighted by molar-refractivity contribution is 6.05. The first-order chi connectivity index (χ1) is 15.4. The van der Waals surface area contributed by atoms with Gasteiger partial charge in [0.1, 0.15) is 40.6 Å². The summed E-state index contributed by atoms with van der Waals surface area (Å²) in [6.45, 7) is 4.10. The molecule has 1 aromatic carbocycles. The van der Waals surface area contributed by atoms with E-state index < -0.39 is 5.82 Å². The van der Waals surface area contributed by atoms with Crippen LogP contribution in [0.1, 0.15) is 35.9 Å². The maximum atomic E-state index is 14.9. The molecule has 0 atom stereocenters. The SMILES string of the molecule is CCCCOc1ccc(F)c(-n2nc(C)c3c(=O)[nH]c4ccc(C(=O)COC)nc4c32)c1.